The quantitative estimate of drug-likeness (QED) is 0.137. The van der Waals surface area contributed by atoms with Crippen LogP contribution in [0.15, 0.2) is 12.2 Å². The van der Waals surface area contributed by atoms with Crippen LogP contribution >= 0.6 is 7.94 Å². The van der Waals surface area contributed by atoms with Crippen molar-refractivity contribution in [1.29, 1.82) is 0 Å². The van der Waals surface area contributed by atoms with Gasteiger partial charge in [-0.2, -0.15) is 14.7 Å². The highest BCUT2D eigenvalue weighted by Crippen LogP contribution is 2.46. The molecule has 0 unspecified atom stereocenters. The summed E-state index contributed by atoms with van der Waals surface area (Å²) >= 11 is 0. The van der Waals surface area contributed by atoms with E-state index in [1.165, 1.54) is 57.8 Å². The zero-order chi connectivity index (χ0) is 21.1. The van der Waals surface area contributed by atoms with Gasteiger partial charge in [0.25, 0.3) is 0 Å². The summed E-state index contributed by atoms with van der Waals surface area (Å²) in [6.45, 7) is 2.26. The third-order valence-electron chi connectivity index (χ3n) is 4.66. The Morgan fingerprint density at radius 1 is 0.750 bits per heavy atom. The van der Waals surface area contributed by atoms with Gasteiger partial charge in [-0.05, 0) is 32.1 Å². The van der Waals surface area contributed by atoms with Gasteiger partial charge in [0.1, 0.15) is 0 Å². The van der Waals surface area contributed by atoms with E-state index in [1.807, 2.05) is 0 Å². The summed E-state index contributed by atoms with van der Waals surface area (Å²) in [5.41, 5.74) is -1.02. The molecule has 0 atom stereocenters. The Balaban J connectivity index is 3.35. The SMILES string of the molecule is CCCCCCCC/C=C\CCCCCCCC(=O)NCCC(=O)[P+](O)(O)O. The van der Waals surface area contributed by atoms with Crippen LogP contribution in [0, 0.1) is 0 Å². The van der Waals surface area contributed by atoms with Gasteiger partial charge in [0.2, 0.25) is 5.91 Å². The lowest BCUT2D eigenvalue weighted by Gasteiger charge is -2.05. The van der Waals surface area contributed by atoms with E-state index in [0.29, 0.717) is 6.42 Å². The minimum Gasteiger partial charge on any atom is -0.356 e. The van der Waals surface area contributed by atoms with Crippen LogP contribution in [-0.4, -0.2) is 32.7 Å². The maximum absolute atomic E-state index is 11.6. The van der Waals surface area contributed by atoms with Crippen molar-refractivity contribution in [3.8, 4) is 0 Å². The van der Waals surface area contributed by atoms with Crippen LogP contribution in [0.25, 0.3) is 0 Å². The molecule has 0 rings (SSSR count). The number of carbonyl (C=O) groups excluding carboxylic acids is 2. The zero-order valence-electron chi connectivity index (χ0n) is 17.6. The van der Waals surface area contributed by atoms with Crippen LogP contribution in [0.5, 0.6) is 0 Å². The summed E-state index contributed by atoms with van der Waals surface area (Å²) in [4.78, 5) is 49.0. The highest BCUT2D eigenvalue weighted by atomic mass is 31.2. The Morgan fingerprint density at radius 2 is 1.25 bits per heavy atom. The third-order valence-corrected chi connectivity index (χ3v) is 5.55. The summed E-state index contributed by atoms with van der Waals surface area (Å²) < 4.78 is 0. The summed E-state index contributed by atoms with van der Waals surface area (Å²) in [5, 5.41) is 2.55. The van der Waals surface area contributed by atoms with Crippen molar-refractivity contribution in [3.63, 3.8) is 0 Å². The van der Waals surface area contributed by atoms with Crippen molar-refractivity contribution in [2.45, 2.75) is 103 Å². The second kappa shape index (κ2) is 18.2. The van der Waals surface area contributed by atoms with E-state index in [9.17, 15) is 9.59 Å². The lowest BCUT2D eigenvalue weighted by atomic mass is 10.1. The molecule has 0 aromatic rings. The van der Waals surface area contributed by atoms with Crippen LogP contribution in [0.3, 0.4) is 0 Å². The van der Waals surface area contributed by atoms with Gasteiger partial charge >= 0.3 is 13.5 Å². The first-order chi connectivity index (χ1) is 13.4. The number of nitrogens with one attached hydrogen (secondary N) is 1. The fourth-order valence-corrected chi connectivity index (χ4v) is 3.32. The number of rotatable bonds is 19. The van der Waals surface area contributed by atoms with Gasteiger partial charge in [0.15, 0.2) is 0 Å². The second-order valence-electron chi connectivity index (χ2n) is 7.40. The first-order valence-corrected chi connectivity index (χ1v) is 12.5. The van der Waals surface area contributed by atoms with Crippen LogP contribution < -0.4 is 5.32 Å². The topological polar surface area (TPSA) is 107 Å². The molecule has 0 aromatic heterocycles. The molecule has 28 heavy (non-hydrogen) atoms. The van der Waals surface area contributed by atoms with Crippen LogP contribution in [0.2, 0.25) is 0 Å². The third kappa shape index (κ3) is 18.5. The van der Waals surface area contributed by atoms with Crippen molar-refractivity contribution in [2.24, 2.45) is 0 Å². The van der Waals surface area contributed by atoms with Crippen molar-refractivity contribution in [2.75, 3.05) is 6.54 Å². The van der Waals surface area contributed by atoms with Crippen LogP contribution in [-0.2, 0) is 9.59 Å². The van der Waals surface area contributed by atoms with Gasteiger partial charge in [-0.1, -0.05) is 70.4 Å². The molecule has 0 saturated carbocycles. The number of hydrogen-bond donors (Lipinski definition) is 4. The summed E-state index contributed by atoms with van der Waals surface area (Å²) in [6, 6.07) is 0. The zero-order valence-corrected chi connectivity index (χ0v) is 18.5. The predicted octanol–water partition coefficient (Wildman–Crippen LogP) is 4.80. The predicted molar refractivity (Wildman–Crippen MR) is 116 cm³/mol. The molecule has 6 nitrogen and oxygen atoms in total. The minimum atomic E-state index is -4.42. The molecule has 0 aliphatic carbocycles. The largest absolute Gasteiger partial charge is 0.478 e. The molecule has 0 heterocycles. The molecular weight excluding hydrogens is 377 g/mol. The summed E-state index contributed by atoms with van der Waals surface area (Å²) in [5.74, 6) is -0.150. The maximum Gasteiger partial charge on any atom is 0.478 e. The highest BCUT2D eigenvalue weighted by Gasteiger charge is 2.41. The molecular formula is C21H41NO5P+. The Labute approximate surface area is 171 Å². The van der Waals surface area contributed by atoms with E-state index in [2.05, 4.69) is 24.4 Å². The molecule has 164 valence electrons. The molecule has 7 heteroatoms. The number of allylic oxidation sites excluding steroid dienone is 2. The second-order valence-corrected chi connectivity index (χ2v) is 9.03. The summed E-state index contributed by atoms with van der Waals surface area (Å²) in [6.07, 6.45) is 20.4. The monoisotopic (exact) mass is 418 g/mol. The van der Waals surface area contributed by atoms with Gasteiger partial charge in [0.05, 0.1) is 6.42 Å². The smallest absolute Gasteiger partial charge is 0.356 e. The van der Waals surface area contributed by atoms with Gasteiger partial charge in [-0.3, -0.25) is 4.79 Å². The van der Waals surface area contributed by atoms with Gasteiger partial charge in [0, 0.05) is 13.0 Å². The first kappa shape index (κ1) is 27.2. The van der Waals surface area contributed by atoms with E-state index in [-0.39, 0.29) is 18.9 Å². The molecule has 0 aromatic carbocycles. The van der Waals surface area contributed by atoms with Gasteiger partial charge < -0.3 is 5.32 Å². The minimum absolute atomic E-state index is 0.0200. The lowest BCUT2D eigenvalue weighted by molar-refractivity contribution is -0.121. The number of amides is 1. The molecule has 0 fully saturated rings. The van der Waals surface area contributed by atoms with E-state index in [0.717, 1.165) is 25.7 Å². The van der Waals surface area contributed by atoms with Gasteiger partial charge in [-0.15, -0.1) is 0 Å². The Kier molecular flexibility index (Phi) is 17.7. The number of hydrogen-bond acceptors (Lipinski definition) is 5. The maximum atomic E-state index is 11.6. The molecule has 0 aliphatic heterocycles. The molecule has 0 spiro atoms. The Hall–Kier alpha value is -0.810. The molecule has 0 aliphatic rings. The van der Waals surface area contributed by atoms with Crippen molar-refractivity contribution in [1.82, 2.24) is 5.32 Å². The normalized spacial score (nSPS) is 11.9. The molecule has 0 radical (unpaired) electrons. The number of unbranched alkanes of at least 4 members (excludes halogenated alkanes) is 11. The average molecular weight is 419 g/mol. The molecule has 0 saturated heterocycles. The average Bonchev–Trinajstić information content (AvgIpc) is 2.64. The van der Waals surface area contributed by atoms with Crippen LogP contribution in [0.1, 0.15) is 103 Å². The Morgan fingerprint density at radius 3 is 1.79 bits per heavy atom. The van der Waals surface area contributed by atoms with E-state index < -0.39 is 13.5 Å². The molecule has 0 bridgehead atoms. The molecule has 1 amide bonds. The van der Waals surface area contributed by atoms with Gasteiger partial charge in [-0.25, -0.2) is 4.79 Å². The van der Waals surface area contributed by atoms with E-state index in [1.54, 1.807) is 0 Å². The standard InChI is InChI=1S/C21H40NO5P/c1-2-3-4-5-6-7-8-9-10-11-12-13-14-15-16-17-20(23)22-19-18-21(24)28(25,26)27/h9-10,25-27H,2-8,11-19H2,1H3/p+1/b10-9-. The van der Waals surface area contributed by atoms with Crippen molar-refractivity contribution in [3.05, 3.63) is 12.2 Å². The fraction of sp³-hybridized carbons (Fsp3) is 0.810. The lowest BCUT2D eigenvalue weighted by Crippen LogP contribution is -2.26. The van der Waals surface area contributed by atoms with Crippen LogP contribution in [0.4, 0.5) is 0 Å². The van der Waals surface area contributed by atoms with Crippen molar-refractivity contribution >= 4 is 19.4 Å². The first-order valence-electron chi connectivity index (χ1n) is 10.9. The Bertz CT molecular complexity index is 435. The van der Waals surface area contributed by atoms with E-state index >= 15 is 0 Å². The molecule has 4 N–H and O–H groups in total. The van der Waals surface area contributed by atoms with E-state index in [4.69, 9.17) is 14.7 Å². The summed E-state index contributed by atoms with van der Waals surface area (Å²) in [7, 11) is -4.42. The fourth-order valence-electron chi connectivity index (χ4n) is 2.90. The van der Waals surface area contributed by atoms with Crippen molar-refractivity contribution < 1.29 is 24.3 Å². The number of carbonyl (C=O) groups is 2. The highest BCUT2D eigenvalue weighted by molar-refractivity contribution is 7.76.